The Labute approximate surface area is 93.3 Å². The highest BCUT2D eigenvalue weighted by molar-refractivity contribution is 5.72. The molecule has 0 spiro atoms. The van der Waals surface area contributed by atoms with Gasteiger partial charge in [0, 0.05) is 17.3 Å². The summed E-state index contributed by atoms with van der Waals surface area (Å²) in [5, 5.41) is 9.68. The molecule has 1 aromatic carbocycles. The molecule has 0 aliphatic rings. The summed E-state index contributed by atoms with van der Waals surface area (Å²) in [7, 11) is 1.51. The van der Waals surface area contributed by atoms with Crippen LogP contribution in [0.25, 0.3) is 11.1 Å². The van der Waals surface area contributed by atoms with E-state index in [1.165, 1.54) is 7.11 Å². The first kappa shape index (κ1) is 10.3. The fourth-order valence-electron chi connectivity index (χ4n) is 1.50. The second-order valence-corrected chi connectivity index (χ2v) is 3.34. The molecule has 82 valence electrons. The summed E-state index contributed by atoms with van der Waals surface area (Å²) in [4.78, 5) is 4.06. The number of phenols is 1. The van der Waals surface area contributed by atoms with Crippen molar-refractivity contribution in [3.63, 3.8) is 0 Å². The first-order chi connectivity index (χ1) is 7.72. The van der Waals surface area contributed by atoms with Gasteiger partial charge in [0.1, 0.15) is 5.75 Å². The van der Waals surface area contributed by atoms with Gasteiger partial charge in [-0.25, -0.2) is 4.98 Å². The predicted octanol–water partition coefficient (Wildman–Crippen LogP) is 2.04. The lowest BCUT2D eigenvalue weighted by molar-refractivity contribution is 0.400. The van der Waals surface area contributed by atoms with Crippen LogP contribution >= 0.6 is 0 Å². The molecule has 0 aliphatic heterocycles. The fourth-order valence-corrected chi connectivity index (χ4v) is 1.50. The van der Waals surface area contributed by atoms with Gasteiger partial charge in [-0.05, 0) is 12.1 Å². The number of phenolic OH excluding ortho intramolecular Hbond substituents is 1. The maximum Gasteiger partial charge on any atom is 0.236 e. The number of nitrogens with zero attached hydrogens (tertiary/aromatic N) is 1. The number of benzene rings is 1. The van der Waals surface area contributed by atoms with Gasteiger partial charge in [-0.3, -0.25) is 0 Å². The van der Waals surface area contributed by atoms with E-state index in [-0.39, 0.29) is 5.75 Å². The number of hydrogen-bond acceptors (Lipinski definition) is 4. The number of nitrogen functional groups attached to an aromatic ring is 1. The Morgan fingerprint density at radius 2 is 2.06 bits per heavy atom. The first-order valence-electron chi connectivity index (χ1n) is 4.80. The van der Waals surface area contributed by atoms with Crippen molar-refractivity contribution in [3.05, 3.63) is 36.5 Å². The molecule has 0 unspecified atom stereocenters. The lowest BCUT2D eigenvalue weighted by Gasteiger charge is -2.07. The number of rotatable bonds is 2. The van der Waals surface area contributed by atoms with Gasteiger partial charge in [-0.1, -0.05) is 18.2 Å². The molecule has 0 bridgehead atoms. The van der Waals surface area contributed by atoms with Crippen molar-refractivity contribution >= 4 is 5.69 Å². The zero-order valence-electron chi connectivity index (χ0n) is 8.84. The van der Waals surface area contributed by atoms with Gasteiger partial charge < -0.3 is 15.6 Å². The molecule has 0 amide bonds. The van der Waals surface area contributed by atoms with Crippen LogP contribution in [-0.2, 0) is 0 Å². The van der Waals surface area contributed by atoms with Gasteiger partial charge in [0.05, 0.1) is 12.8 Å². The number of nitrogens with two attached hydrogens (primary N) is 1. The molecular formula is C12H12N2O2. The number of pyridine rings is 1. The van der Waals surface area contributed by atoms with E-state index in [0.717, 1.165) is 5.56 Å². The van der Waals surface area contributed by atoms with E-state index in [0.29, 0.717) is 17.1 Å². The summed E-state index contributed by atoms with van der Waals surface area (Å²) in [5.74, 6) is 0.591. The zero-order valence-corrected chi connectivity index (χ0v) is 8.84. The lowest BCUT2D eigenvalue weighted by atomic mass is 10.1. The minimum Gasteiger partial charge on any atom is -0.507 e. The third-order valence-electron chi connectivity index (χ3n) is 2.29. The third-order valence-corrected chi connectivity index (χ3v) is 2.29. The number of methoxy groups -OCH3 is 1. The van der Waals surface area contributed by atoms with Gasteiger partial charge >= 0.3 is 0 Å². The Morgan fingerprint density at radius 3 is 2.69 bits per heavy atom. The molecule has 4 heteroatoms. The van der Waals surface area contributed by atoms with Crippen LogP contribution in [0.4, 0.5) is 5.69 Å². The van der Waals surface area contributed by atoms with Gasteiger partial charge in [-0.15, -0.1) is 0 Å². The highest BCUT2D eigenvalue weighted by Crippen LogP contribution is 2.31. The van der Waals surface area contributed by atoms with Crippen molar-refractivity contribution in [2.45, 2.75) is 0 Å². The van der Waals surface area contributed by atoms with Gasteiger partial charge in [0.25, 0.3) is 0 Å². The van der Waals surface area contributed by atoms with Crippen LogP contribution in [0.15, 0.2) is 36.5 Å². The van der Waals surface area contributed by atoms with Crippen LogP contribution in [0.5, 0.6) is 11.6 Å². The van der Waals surface area contributed by atoms with Crippen molar-refractivity contribution in [2.24, 2.45) is 0 Å². The molecule has 1 aromatic heterocycles. The van der Waals surface area contributed by atoms with Crippen molar-refractivity contribution in [2.75, 3.05) is 12.8 Å². The molecule has 1 heterocycles. The Hall–Kier alpha value is -2.23. The van der Waals surface area contributed by atoms with Crippen LogP contribution in [0, 0.1) is 0 Å². The molecule has 2 aromatic rings. The molecule has 4 nitrogen and oxygen atoms in total. The van der Waals surface area contributed by atoms with Gasteiger partial charge in [0.2, 0.25) is 5.88 Å². The van der Waals surface area contributed by atoms with Crippen LogP contribution in [0.3, 0.4) is 0 Å². The van der Waals surface area contributed by atoms with Gasteiger partial charge in [-0.2, -0.15) is 0 Å². The average molecular weight is 216 g/mol. The second kappa shape index (κ2) is 4.10. The van der Waals surface area contributed by atoms with Crippen molar-refractivity contribution < 1.29 is 9.84 Å². The van der Waals surface area contributed by atoms with Crippen molar-refractivity contribution in [1.29, 1.82) is 0 Å². The monoisotopic (exact) mass is 216 g/mol. The largest absolute Gasteiger partial charge is 0.507 e. The van der Waals surface area contributed by atoms with Crippen LogP contribution in [-0.4, -0.2) is 17.2 Å². The maximum atomic E-state index is 9.68. The minimum atomic E-state index is 0.203. The molecule has 0 radical (unpaired) electrons. The Morgan fingerprint density at radius 1 is 1.31 bits per heavy atom. The molecule has 0 atom stereocenters. The molecular weight excluding hydrogens is 204 g/mol. The lowest BCUT2D eigenvalue weighted by Crippen LogP contribution is -1.95. The van der Waals surface area contributed by atoms with Crippen LogP contribution < -0.4 is 10.5 Å². The maximum absolute atomic E-state index is 9.68. The fraction of sp³-hybridized carbons (Fsp3) is 0.0833. The second-order valence-electron chi connectivity index (χ2n) is 3.34. The summed E-state index contributed by atoms with van der Waals surface area (Å²) < 4.78 is 4.97. The highest BCUT2D eigenvalue weighted by atomic mass is 16.5. The molecule has 3 N–H and O–H groups in total. The number of anilines is 1. The molecule has 0 saturated carbocycles. The summed E-state index contributed by atoms with van der Waals surface area (Å²) in [6.07, 6.45) is 1.62. The van der Waals surface area contributed by atoms with E-state index in [4.69, 9.17) is 10.5 Å². The quantitative estimate of drug-likeness (QED) is 0.806. The molecule has 16 heavy (non-hydrogen) atoms. The van der Waals surface area contributed by atoms with Crippen molar-refractivity contribution in [1.82, 2.24) is 4.98 Å². The van der Waals surface area contributed by atoms with Gasteiger partial charge in [0.15, 0.2) is 0 Å². The summed E-state index contributed by atoms with van der Waals surface area (Å²) >= 11 is 0. The Bertz CT molecular complexity index is 512. The predicted molar refractivity (Wildman–Crippen MR) is 62.3 cm³/mol. The smallest absolute Gasteiger partial charge is 0.236 e. The number of ether oxygens (including phenoxy) is 1. The normalized spacial score (nSPS) is 10.1. The standard InChI is InChI=1S/C12H12N2O2/c1-16-12-10(13)6-8(7-14-12)9-4-2-3-5-11(9)15/h2-7,15H,13H2,1H3. The third kappa shape index (κ3) is 1.77. The average Bonchev–Trinajstić information content (AvgIpc) is 2.29. The summed E-state index contributed by atoms with van der Waals surface area (Å²) in [5.41, 5.74) is 7.66. The summed E-state index contributed by atoms with van der Waals surface area (Å²) in [6, 6.07) is 8.75. The number of para-hydroxylation sites is 1. The zero-order chi connectivity index (χ0) is 11.5. The highest BCUT2D eigenvalue weighted by Gasteiger charge is 2.07. The van der Waals surface area contributed by atoms with E-state index in [1.807, 2.05) is 6.07 Å². The first-order valence-corrected chi connectivity index (χ1v) is 4.80. The Balaban J connectivity index is 2.50. The Kier molecular flexibility index (Phi) is 2.64. The minimum absolute atomic E-state index is 0.203. The molecule has 0 saturated heterocycles. The molecule has 0 aliphatic carbocycles. The number of aromatic nitrogens is 1. The number of aromatic hydroxyl groups is 1. The van der Waals surface area contributed by atoms with E-state index in [2.05, 4.69) is 4.98 Å². The van der Waals surface area contributed by atoms with E-state index in [1.54, 1.807) is 30.5 Å². The van der Waals surface area contributed by atoms with Crippen LogP contribution in [0.1, 0.15) is 0 Å². The summed E-state index contributed by atoms with van der Waals surface area (Å²) in [6.45, 7) is 0. The van der Waals surface area contributed by atoms with E-state index < -0.39 is 0 Å². The SMILES string of the molecule is COc1ncc(-c2ccccc2O)cc1N. The van der Waals surface area contributed by atoms with Crippen molar-refractivity contribution in [3.8, 4) is 22.8 Å². The number of hydrogen-bond donors (Lipinski definition) is 2. The molecule has 0 fully saturated rings. The van der Waals surface area contributed by atoms with E-state index in [9.17, 15) is 5.11 Å². The topological polar surface area (TPSA) is 68.4 Å². The molecule has 2 rings (SSSR count). The van der Waals surface area contributed by atoms with E-state index >= 15 is 0 Å². The van der Waals surface area contributed by atoms with Crippen LogP contribution in [0.2, 0.25) is 0 Å².